The van der Waals surface area contributed by atoms with E-state index < -0.39 is 0 Å². The fourth-order valence-corrected chi connectivity index (χ4v) is 2.18. The molecule has 15 heavy (non-hydrogen) atoms. The Morgan fingerprint density at radius 2 is 2.33 bits per heavy atom. The van der Waals surface area contributed by atoms with Crippen molar-refractivity contribution >= 4 is 27.2 Å². The molecule has 0 saturated carbocycles. The molecule has 1 aromatic heterocycles. The summed E-state index contributed by atoms with van der Waals surface area (Å²) in [6, 6.07) is 5.70. The van der Waals surface area contributed by atoms with Crippen molar-refractivity contribution in [2.24, 2.45) is 0 Å². The number of nitrogens with two attached hydrogens (primary N) is 1. The van der Waals surface area contributed by atoms with Crippen molar-refractivity contribution < 1.29 is 4.74 Å². The smallest absolute Gasteiger partial charge is 0.274 e. The molecule has 1 unspecified atom stereocenters. The Morgan fingerprint density at radius 1 is 1.53 bits per heavy atom. The topological polar surface area (TPSA) is 48.1 Å². The molecule has 3 nitrogen and oxygen atoms in total. The van der Waals surface area contributed by atoms with E-state index in [2.05, 4.69) is 11.9 Å². The minimum atomic E-state index is 0.211. The number of hydrogen-bond acceptors (Lipinski definition) is 4. The average Bonchev–Trinajstić information content (AvgIpc) is 2.59. The van der Waals surface area contributed by atoms with Crippen LogP contribution in [0.5, 0.6) is 5.19 Å². The molecule has 1 atom stereocenters. The predicted molar refractivity (Wildman–Crippen MR) is 64.4 cm³/mol. The third-order valence-corrected chi connectivity index (χ3v) is 3.18. The predicted octanol–water partition coefficient (Wildman–Crippen LogP) is 3.06. The molecule has 1 heterocycles. The van der Waals surface area contributed by atoms with E-state index >= 15 is 0 Å². The number of anilines is 1. The van der Waals surface area contributed by atoms with Crippen LogP contribution in [0.15, 0.2) is 18.2 Å². The van der Waals surface area contributed by atoms with Gasteiger partial charge in [0.25, 0.3) is 5.19 Å². The molecule has 1 aromatic carbocycles. The highest BCUT2D eigenvalue weighted by atomic mass is 32.1. The van der Waals surface area contributed by atoms with Gasteiger partial charge in [-0.15, -0.1) is 0 Å². The highest BCUT2D eigenvalue weighted by molar-refractivity contribution is 7.20. The highest BCUT2D eigenvalue weighted by Crippen LogP contribution is 2.29. The summed E-state index contributed by atoms with van der Waals surface area (Å²) in [6.07, 6.45) is 1.20. The summed E-state index contributed by atoms with van der Waals surface area (Å²) in [5.41, 5.74) is 7.42. The SMILES string of the molecule is CCC(C)Oc1nc2ccc(N)cc2s1. The lowest BCUT2D eigenvalue weighted by atomic mass is 10.3. The standard InChI is InChI=1S/C11H14N2OS/c1-3-7(2)14-11-13-9-5-4-8(12)6-10(9)15-11/h4-7H,3,12H2,1-2H3. The maximum absolute atomic E-state index is 5.70. The monoisotopic (exact) mass is 222 g/mol. The summed E-state index contributed by atoms with van der Waals surface area (Å²) in [6.45, 7) is 4.14. The second-order valence-corrected chi connectivity index (χ2v) is 4.54. The zero-order valence-electron chi connectivity index (χ0n) is 8.86. The average molecular weight is 222 g/mol. The second kappa shape index (κ2) is 4.06. The number of nitrogen functional groups attached to an aromatic ring is 1. The first-order chi connectivity index (χ1) is 7.19. The molecular weight excluding hydrogens is 208 g/mol. The number of thiazole rings is 1. The van der Waals surface area contributed by atoms with Crippen molar-refractivity contribution in [3.63, 3.8) is 0 Å². The molecule has 0 amide bonds. The first kappa shape index (κ1) is 10.2. The van der Waals surface area contributed by atoms with Crippen LogP contribution in [0.2, 0.25) is 0 Å². The Kier molecular flexibility index (Phi) is 2.77. The molecule has 0 bridgehead atoms. The summed E-state index contributed by atoms with van der Waals surface area (Å²) in [7, 11) is 0. The molecular formula is C11H14N2OS. The highest BCUT2D eigenvalue weighted by Gasteiger charge is 2.07. The van der Waals surface area contributed by atoms with Gasteiger partial charge in [-0.05, 0) is 31.5 Å². The van der Waals surface area contributed by atoms with Crippen molar-refractivity contribution in [2.45, 2.75) is 26.4 Å². The zero-order chi connectivity index (χ0) is 10.8. The Bertz CT molecular complexity index is 467. The summed E-state index contributed by atoms with van der Waals surface area (Å²) >= 11 is 1.54. The van der Waals surface area contributed by atoms with Gasteiger partial charge < -0.3 is 10.5 Å². The van der Waals surface area contributed by atoms with Gasteiger partial charge in [-0.3, -0.25) is 0 Å². The lowest BCUT2D eigenvalue weighted by Gasteiger charge is -2.07. The fraction of sp³-hybridized carbons (Fsp3) is 0.364. The number of fused-ring (bicyclic) bond motifs is 1. The van der Waals surface area contributed by atoms with E-state index in [0.29, 0.717) is 0 Å². The van der Waals surface area contributed by atoms with Gasteiger partial charge in [0.2, 0.25) is 0 Å². The van der Waals surface area contributed by atoms with E-state index in [1.54, 1.807) is 11.3 Å². The second-order valence-electron chi connectivity index (χ2n) is 3.54. The number of ether oxygens (including phenoxy) is 1. The van der Waals surface area contributed by atoms with E-state index in [1.807, 2.05) is 25.1 Å². The van der Waals surface area contributed by atoms with Crippen molar-refractivity contribution in [3.8, 4) is 5.19 Å². The lowest BCUT2D eigenvalue weighted by Crippen LogP contribution is -2.09. The minimum Gasteiger partial charge on any atom is -0.467 e. The van der Waals surface area contributed by atoms with Crippen LogP contribution in [0.3, 0.4) is 0 Å². The number of hydrogen-bond donors (Lipinski definition) is 1. The Morgan fingerprint density at radius 3 is 3.07 bits per heavy atom. The fourth-order valence-electron chi connectivity index (χ4n) is 1.23. The van der Waals surface area contributed by atoms with E-state index in [9.17, 15) is 0 Å². The van der Waals surface area contributed by atoms with Gasteiger partial charge >= 0.3 is 0 Å². The molecule has 0 fully saturated rings. The number of benzene rings is 1. The summed E-state index contributed by atoms with van der Waals surface area (Å²) in [5.74, 6) is 0. The van der Waals surface area contributed by atoms with Crippen LogP contribution < -0.4 is 10.5 Å². The third-order valence-electron chi connectivity index (χ3n) is 2.27. The third kappa shape index (κ3) is 2.21. The number of nitrogens with zero attached hydrogens (tertiary/aromatic N) is 1. The quantitative estimate of drug-likeness (QED) is 0.812. The van der Waals surface area contributed by atoms with Gasteiger partial charge in [-0.2, -0.15) is 0 Å². The number of rotatable bonds is 3. The maximum atomic E-state index is 5.70. The zero-order valence-corrected chi connectivity index (χ0v) is 9.67. The van der Waals surface area contributed by atoms with Gasteiger partial charge in [0.05, 0.1) is 16.3 Å². The normalized spacial score (nSPS) is 12.9. The summed E-state index contributed by atoms with van der Waals surface area (Å²) in [4.78, 5) is 4.38. The van der Waals surface area contributed by atoms with Gasteiger partial charge in [0, 0.05) is 5.69 Å². The van der Waals surface area contributed by atoms with Gasteiger partial charge in [-0.25, -0.2) is 4.98 Å². The van der Waals surface area contributed by atoms with Crippen molar-refractivity contribution in [1.29, 1.82) is 0 Å². The maximum Gasteiger partial charge on any atom is 0.274 e. The Balaban J connectivity index is 2.30. The first-order valence-electron chi connectivity index (χ1n) is 5.01. The van der Waals surface area contributed by atoms with Crippen molar-refractivity contribution in [2.75, 3.05) is 5.73 Å². The molecule has 80 valence electrons. The molecule has 0 radical (unpaired) electrons. The largest absolute Gasteiger partial charge is 0.467 e. The number of aromatic nitrogens is 1. The molecule has 0 aliphatic rings. The molecule has 4 heteroatoms. The van der Waals surface area contributed by atoms with Crippen molar-refractivity contribution in [1.82, 2.24) is 4.98 Å². The summed E-state index contributed by atoms with van der Waals surface area (Å²) < 4.78 is 6.73. The van der Waals surface area contributed by atoms with Crippen LogP contribution in [0.25, 0.3) is 10.2 Å². The van der Waals surface area contributed by atoms with Crippen LogP contribution in [0.1, 0.15) is 20.3 Å². The molecule has 2 rings (SSSR count). The van der Waals surface area contributed by atoms with Crippen LogP contribution in [-0.4, -0.2) is 11.1 Å². The molecule has 0 aliphatic carbocycles. The van der Waals surface area contributed by atoms with E-state index in [1.165, 1.54) is 0 Å². The van der Waals surface area contributed by atoms with E-state index in [-0.39, 0.29) is 6.10 Å². The van der Waals surface area contributed by atoms with Gasteiger partial charge in [-0.1, -0.05) is 18.3 Å². The summed E-state index contributed by atoms with van der Waals surface area (Å²) in [5, 5.41) is 0.727. The van der Waals surface area contributed by atoms with Crippen LogP contribution in [0.4, 0.5) is 5.69 Å². The Labute approximate surface area is 92.9 Å². The molecule has 2 aromatic rings. The first-order valence-corrected chi connectivity index (χ1v) is 5.83. The van der Waals surface area contributed by atoms with Crippen LogP contribution in [0, 0.1) is 0 Å². The van der Waals surface area contributed by atoms with Gasteiger partial charge in [0.15, 0.2) is 0 Å². The minimum absolute atomic E-state index is 0.211. The Hall–Kier alpha value is -1.29. The molecule has 0 spiro atoms. The van der Waals surface area contributed by atoms with Crippen LogP contribution in [-0.2, 0) is 0 Å². The van der Waals surface area contributed by atoms with Crippen molar-refractivity contribution in [3.05, 3.63) is 18.2 Å². The molecule has 0 saturated heterocycles. The lowest BCUT2D eigenvalue weighted by molar-refractivity contribution is 0.217. The van der Waals surface area contributed by atoms with Crippen LogP contribution >= 0.6 is 11.3 Å². The molecule has 2 N–H and O–H groups in total. The van der Waals surface area contributed by atoms with Gasteiger partial charge in [0.1, 0.15) is 0 Å². The molecule has 0 aliphatic heterocycles. The van der Waals surface area contributed by atoms with E-state index in [4.69, 9.17) is 10.5 Å². The van der Waals surface area contributed by atoms with E-state index in [0.717, 1.165) is 27.5 Å².